The predicted molar refractivity (Wildman–Crippen MR) is 46.0 cm³/mol. The first-order valence-corrected chi connectivity index (χ1v) is 3.71. The lowest BCUT2D eigenvalue weighted by Gasteiger charge is -1.89. The molecule has 0 unspecified atom stereocenters. The zero-order chi connectivity index (χ0) is 8.55. The van der Waals surface area contributed by atoms with E-state index < -0.39 is 0 Å². The number of rotatable bonds is 0. The highest BCUT2D eigenvalue weighted by molar-refractivity contribution is 5.85. The molecule has 12 heavy (non-hydrogen) atoms. The zero-order valence-corrected chi connectivity index (χ0v) is 6.69. The minimum atomic E-state index is 0.00741. The summed E-state index contributed by atoms with van der Waals surface area (Å²) < 4.78 is 1.54. The molecule has 0 bridgehead atoms. The third-order valence-electron chi connectivity index (χ3n) is 1.77. The fraction of sp³-hybridized carbons (Fsp3) is 0.111. The topological polar surface area (TPSA) is 34.9 Å². The smallest absolute Gasteiger partial charge is 0.227 e. The molecule has 3 heteroatoms. The number of carbonyl (C=O) groups is 1. The van der Waals surface area contributed by atoms with Gasteiger partial charge in [0.1, 0.15) is 0 Å². The molecule has 0 spiro atoms. The summed E-state index contributed by atoms with van der Waals surface area (Å²) in [6, 6.07) is 3.79. The van der Waals surface area contributed by atoms with Gasteiger partial charge in [-0.05, 0) is 12.1 Å². The van der Waals surface area contributed by atoms with Gasteiger partial charge in [0.05, 0.1) is 5.52 Å². The second-order valence-electron chi connectivity index (χ2n) is 2.66. The standard InChI is InChI=1S/C9H8N2O/c1-7(12)11-5-8-3-2-4-10-9(8)6-11/h2-6H,1H3. The van der Waals surface area contributed by atoms with Crippen LogP contribution in [-0.2, 0) is 0 Å². The van der Waals surface area contributed by atoms with Gasteiger partial charge >= 0.3 is 0 Å². The van der Waals surface area contributed by atoms with Crippen LogP contribution in [0.25, 0.3) is 10.9 Å². The second-order valence-corrected chi connectivity index (χ2v) is 2.66. The first-order valence-electron chi connectivity index (χ1n) is 3.71. The molecule has 2 heterocycles. The Bertz CT molecular complexity index is 398. The van der Waals surface area contributed by atoms with E-state index in [9.17, 15) is 4.79 Å². The van der Waals surface area contributed by atoms with Crippen LogP contribution in [0.3, 0.4) is 0 Å². The van der Waals surface area contributed by atoms with Gasteiger partial charge < -0.3 is 0 Å². The zero-order valence-electron chi connectivity index (χ0n) is 6.69. The third-order valence-corrected chi connectivity index (χ3v) is 1.77. The fourth-order valence-electron chi connectivity index (χ4n) is 1.15. The van der Waals surface area contributed by atoms with Crippen LogP contribution >= 0.6 is 0 Å². The Hall–Kier alpha value is -1.64. The SMILES string of the molecule is CC(=O)n1cc2cccnc2c1. The lowest BCUT2D eigenvalue weighted by atomic mass is 10.3. The van der Waals surface area contributed by atoms with Crippen molar-refractivity contribution in [2.24, 2.45) is 0 Å². The van der Waals surface area contributed by atoms with Gasteiger partial charge in [0.25, 0.3) is 0 Å². The molecule has 0 saturated heterocycles. The maximum atomic E-state index is 11.0. The van der Waals surface area contributed by atoms with Gasteiger partial charge in [-0.2, -0.15) is 0 Å². The molecule has 0 fully saturated rings. The van der Waals surface area contributed by atoms with E-state index in [4.69, 9.17) is 0 Å². The van der Waals surface area contributed by atoms with Crippen molar-refractivity contribution in [3.8, 4) is 0 Å². The number of aromatic nitrogens is 2. The number of pyridine rings is 1. The van der Waals surface area contributed by atoms with Crippen LogP contribution in [-0.4, -0.2) is 15.5 Å². The summed E-state index contributed by atoms with van der Waals surface area (Å²) >= 11 is 0. The lowest BCUT2D eigenvalue weighted by Crippen LogP contribution is -2.00. The summed E-state index contributed by atoms with van der Waals surface area (Å²) in [4.78, 5) is 15.1. The monoisotopic (exact) mass is 160 g/mol. The van der Waals surface area contributed by atoms with Crippen LogP contribution in [0.5, 0.6) is 0 Å². The molecule has 2 rings (SSSR count). The van der Waals surface area contributed by atoms with Gasteiger partial charge in [-0.25, -0.2) is 0 Å². The Morgan fingerprint density at radius 2 is 2.33 bits per heavy atom. The number of hydrogen-bond acceptors (Lipinski definition) is 2. The molecule has 2 aromatic heterocycles. The normalized spacial score (nSPS) is 10.4. The van der Waals surface area contributed by atoms with Crippen molar-refractivity contribution in [2.75, 3.05) is 0 Å². The highest BCUT2D eigenvalue weighted by atomic mass is 16.1. The molecule has 0 saturated carbocycles. The van der Waals surface area contributed by atoms with E-state index in [0.29, 0.717) is 0 Å². The summed E-state index contributed by atoms with van der Waals surface area (Å²) in [6.45, 7) is 1.53. The summed E-state index contributed by atoms with van der Waals surface area (Å²) in [6.07, 6.45) is 5.23. The number of hydrogen-bond donors (Lipinski definition) is 0. The maximum Gasteiger partial charge on any atom is 0.227 e. The molecule has 3 nitrogen and oxygen atoms in total. The van der Waals surface area contributed by atoms with Crippen molar-refractivity contribution >= 4 is 16.8 Å². The second kappa shape index (κ2) is 2.44. The Morgan fingerprint density at radius 1 is 1.50 bits per heavy atom. The van der Waals surface area contributed by atoms with Crippen LogP contribution < -0.4 is 0 Å². The lowest BCUT2D eigenvalue weighted by molar-refractivity contribution is 0.0937. The van der Waals surface area contributed by atoms with Crippen molar-refractivity contribution in [2.45, 2.75) is 6.92 Å². The summed E-state index contributed by atoms with van der Waals surface area (Å²) in [5, 5.41) is 0.993. The Kier molecular flexibility index (Phi) is 1.43. The van der Waals surface area contributed by atoms with Crippen LogP contribution in [0.4, 0.5) is 0 Å². The van der Waals surface area contributed by atoms with Gasteiger partial charge in [-0.1, -0.05) is 0 Å². The third kappa shape index (κ3) is 0.993. The van der Waals surface area contributed by atoms with Gasteiger partial charge in [0.2, 0.25) is 5.91 Å². The quantitative estimate of drug-likeness (QED) is 0.587. The predicted octanol–water partition coefficient (Wildman–Crippen LogP) is 1.70. The van der Waals surface area contributed by atoms with Crippen LogP contribution in [0.2, 0.25) is 0 Å². The van der Waals surface area contributed by atoms with Crippen molar-refractivity contribution < 1.29 is 4.79 Å². The molecular weight excluding hydrogens is 152 g/mol. The summed E-state index contributed by atoms with van der Waals surface area (Å²) in [5.74, 6) is 0.00741. The molecule has 0 aliphatic heterocycles. The molecule has 0 N–H and O–H groups in total. The van der Waals surface area contributed by atoms with Crippen LogP contribution in [0.1, 0.15) is 11.7 Å². The van der Waals surface area contributed by atoms with E-state index in [0.717, 1.165) is 10.9 Å². The average Bonchev–Trinajstić information content (AvgIpc) is 2.46. The molecule has 0 aliphatic carbocycles. The summed E-state index contributed by atoms with van der Waals surface area (Å²) in [7, 11) is 0. The molecule has 0 radical (unpaired) electrons. The molecule has 60 valence electrons. The van der Waals surface area contributed by atoms with E-state index in [2.05, 4.69) is 4.98 Å². The minimum Gasteiger partial charge on any atom is -0.292 e. The molecule has 2 aromatic rings. The largest absolute Gasteiger partial charge is 0.292 e. The number of carbonyl (C=O) groups excluding carboxylic acids is 1. The van der Waals surface area contributed by atoms with E-state index in [-0.39, 0.29) is 5.91 Å². The van der Waals surface area contributed by atoms with Gasteiger partial charge in [-0.15, -0.1) is 0 Å². The van der Waals surface area contributed by atoms with Crippen molar-refractivity contribution in [3.63, 3.8) is 0 Å². The van der Waals surface area contributed by atoms with Crippen LogP contribution in [0.15, 0.2) is 30.7 Å². The van der Waals surface area contributed by atoms with Gasteiger partial charge in [0.15, 0.2) is 0 Å². The molecule has 0 amide bonds. The van der Waals surface area contributed by atoms with Gasteiger partial charge in [-0.3, -0.25) is 14.3 Å². The molecular formula is C9H8N2O. The van der Waals surface area contributed by atoms with E-state index in [1.807, 2.05) is 12.1 Å². The summed E-state index contributed by atoms with van der Waals surface area (Å²) in [5.41, 5.74) is 0.854. The van der Waals surface area contributed by atoms with Gasteiger partial charge in [0, 0.05) is 30.9 Å². The first kappa shape index (κ1) is 7.03. The Labute approximate surface area is 69.6 Å². The Balaban J connectivity index is 2.70. The highest BCUT2D eigenvalue weighted by Crippen LogP contribution is 2.10. The molecule has 0 atom stereocenters. The average molecular weight is 160 g/mol. The maximum absolute atomic E-state index is 11.0. The van der Waals surface area contributed by atoms with E-state index in [1.165, 1.54) is 11.5 Å². The number of nitrogens with zero attached hydrogens (tertiary/aromatic N) is 2. The fourth-order valence-corrected chi connectivity index (χ4v) is 1.15. The van der Waals surface area contributed by atoms with Crippen LogP contribution in [0, 0.1) is 0 Å². The Morgan fingerprint density at radius 3 is 3.00 bits per heavy atom. The van der Waals surface area contributed by atoms with E-state index >= 15 is 0 Å². The number of fused-ring (bicyclic) bond motifs is 1. The molecule has 0 aromatic carbocycles. The highest BCUT2D eigenvalue weighted by Gasteiger charge is 2.00. The van der Waals surface area contributed by atoms with Crippen molar-refractivity contribution in [1.29, 1.82) is 0 Å². The van der Waals surface area contributed by atoms with Crippen molar-refractivity contribution in [1.82, 2.24) is 9.55 Å². The molecule has 0 aliphatic rings. The first-order chi connectivity index (χ1) is 5.77. The minimum absolute atomic E-state index is 0.00741. The van der Waals surface area contributed by atoms with E-state index in [1.54, 1.807) is 18.6 Å². The van der Waals surface area contributed by atoms with Crippen molar-refractivity contribution in [3.05, 3.63) is 30.7 Å².